The molecule has 3 aromatic carbocycles. The molecule has 6 aliphatic heterocycles. The van der Waals surface area contributed by atoms with Gasteiger partial charge in [0.05, 0.1) is 329 Å². The van der Waals surface area contributed by atoms with E-state index >= 15 is 13.2 Å². The topological polar surface area (TPSA) is 458 Å². The lowest BCUT2D eigenvalue weighted by Gasteiger charge is -2.49. The first-order valence-corrected chi connectivity index (χ1v) is 54.2. The van der Waals surface area contributed by atoms with Gasteiger partial charge in [0.1, 0.15) is 33.5 Å². The maximum atomic E-state index is 18.4. The summed E-state index contributed by atoms with van der Waals surface area (Å²) in [6, 6.07) is 6.15. The number of thioether (sulfide) groups is 3. The number of carbonyl (C=O) groups excluding carboxylic acids is 3. The second-order valence-corrected chi connectivity index (χ2v) is 41.8. The number of fused-ring (bicyclic) bond motifs is 8. The van der Waals surface area contributed by atoms with E-state index in [-0.39, 0.29) is 140 Å². The Morgan fingerprint density at radius 1 is 0.489 bits per heavy atom. The van der Waals surface area contributed by atoms with E-state index in [0.717, 1.165) is 23.5 Å². The number of hydrogen-bond acceptors (Lipinski definition) is 40. The van der Waals surface area contributed by atoms with E-state index in [1.165, 1.54) is 12.1 Å². The number of benzene rings is 3. The summed E-state index contributed by atoms with van der Waals surface area (Å²) in [5.41, 5.74) is -2.37. The molecule has 4 N–H and O–H groups in total. The Labute approximate surface area is 835 Å². The van der Waals surface area contributed by atoms with Crippen LogP contribution in [0.3, 0.4) is 0 Å². The number of methoxy groups -OCH3 is 1. The highest BCUT2D eigenvalue weighted by atomic mass is 32.3. The first-order valence-electron chi connectivity index (χ1n) is 46.8. The molecule has 0 spiro atoms. The van der Waals surface area contributed by atoms with E-state index in [1.807, 2.05) is 37.2 Å². The minimum absolute atomic E-state index is 0.00142. The Kier molecular flexibility index (Phi) is 54.2. The molecule has 141 heavy (non-hydrogen) atoms. The average molecular weight is 2130 g/mol. The van der Waals surface area contributed by atoms with Gasteiger partial charge >= 0.3 is 5.97 Å². The fourth-order valence-corrected chi connectivity index (χ4v) is 22.9. The van der Waals surface area contributed by atoms with Crippen LogP contribution in [0.15, 0.2) is 54.7 Å². The van der Waals surface area contributed by atoms with Crippen molar-refractivity contribution in [1.82, 2.24) is 19.7 Å². The highest BCUT2D eigenvalue weighted by molar-refractivity contribution is 8.19. The molecule has 2 amide bonds. The van der Waals surface area contributed by atoms with Crippen LogP contribution in [-0.4, -0.2) is 419 Å². The van der Waals surface area contributed by atoms with E-state index in [2.05, 4.69) is 10.0 Å². The highest BCUT2D eigenvalue weighted by Gasteiger charge is 2.54. The Bertz CT molecular complexity index is 4890. The number of carbonyl (C=O) groups is 3. The van der Waals surface area contributed by atoms with Gasteiger partial charge in [-0.3, -0.25) is 14.1 Å². The van der Waals surface area contributed by atoms with Gasteiger partial charge in [0.15, 0.2) is 23.1 Å². The third kappa shape index (κ3) is 38.3. The van der Waals surface area contributed by atoms with Crippen LogP contribution in [0.2, 0.25) is 0 Å². The lowest BCUT2D eigenvalue weighted by Crippen LogP contribution is -2.55. The monoisotopic (exact) mass is 2130 g/mol. The number of hydrogen-bond donors (Lipinski definition) is 4. The van der Waals surface area contributed by atoms with Crippen molar-refractivity contribution >= 4 is 94.3 Å². The summed E-state index contributed by atoms with van der Waals surface area (Å²) in [5, 5.41) is 10.9. The maximum Gasteiger partial charge on any atom is 0.343 e. The van der Waals surface area contributed by atoms with Gasteiger partial charge in [-0.25, -0.2) is 44.1 Å². The fraction of sp³-hybridized carbons (Fsp3) is 0.714. The van der Waals surface area contributed by atoms with E-state index in [9.17, 15) is 44.2 Å². The third-order valence-electron chi connectivity index (χ3n) is 22.7. The molecule has 1 saturated heterocycles. The lowest BCUT2D eigenvalue weighted by atomic mass is 9.76. The quantitative estimate of drug-likeness (QED) is 0.0121. The summed E-state index contributed by atoms with van der Waals surface area (Å²) < 4.78 is 287. The molecule has 0 radical (unpaired) electrons. The van der Waals surface area contributed by atoms with Crippen LogP contribution in [0.5, 0.6) is 11.5 Å². The number of nitrogens with one attached hydrogen (secondary N) is 2. The Morgan fingerprint density at radius 3 is 1.29 bits per heavy atom. The average Bonchev–Trinajstić information content (AvgIpc) is 1.69. The van der Waals surface area contributed by atoms with E-state index in [0.29, 0.717) is 260 Å². The first kappa shape index (κ1) is 119. The first-order chi connectivity index (χ1) is 68.1. The Morgan fingerprint density at radius 2 is 0.872 bits per heavy atom. The van der Waals surface area contributed by atoms with E-state index < -0.39 is 131 Å². The third-order valence-corrected chi connectivity index (χ3v) is 31.4. The summed E-state index contributed by atoms with van der Waals surface area (Å²) in [4.78, 5) is 41.9. The van der Waals surface area contributed by atoms with Gasteiger partial charge in [0, 0.05) is 116 Å². The summed E-state index contributed by atoms with van der Waals surface area (Å²) in [6.45, 7) is 24.9. The van der Waals surface area contributed by atoms with Crippen molar-refractivity contribution in [1.29, 1.82) is 0 Å². The molecule has 0 bridgehead atoms. The Hall–Kier alpha value is -5.37. The minimum Gasteiger partial charge on any atom is -0.456 e. The molecule has 4 unspecified atom stereocenters. The van der Waals surface area contributed by atoms with Crippen molar-refractivity contribution in [3.05, 3.63) is 95.2 Å². The molecular weight excluding hydrogens is 1990 g/mol. The fourth-order valence-electron chi connectivity index (χ4n) is 15.0. The summed E-state index contributed by atoms with van der Waals surface area (Å²) in [5.74, 6) is -12.6. The molecule has 1 fully saturated rings. The van der Waals surface area contributed by atoms with Gasteiger partial charge in [-0.05, 0) is 37.6 Å². The van der Waals surface area contributed by atoms with Crippen LogP contribution in [0.25, 0.3) is 5.57 Å². The van der Waals surface area contributed by atoms with Crippen LogP contribution in [0.1, 0.15) is 73.3 Å². The van der Waals surface area contributed by atoms with Gasteiger partial charge in [-0.15, -0.1) is 40.3 Å². The van der Waals surface area contributed by atoms with Crippen molar-refractivity contribution in [3.63, 3.8) is 0 Å². The summed E-state index contributed by atoms with van der Waals surface area (Å²) >= 11 is 1.97. The van der Waals surface area contributed by atoms with Crippen molar-refractivity contribution in [2.24, 2.45) is 11.8 Å². The number of imide groups is 1. The van der Waals surface area contributed by atoms with Crippen molar-refractivity contribution in [3.8, 4) is 11.5 Å². The second kappa shape index (κ2) is 64.1. The number of sulfonamides is 1. The number of sulfone groups is 1. The highest BCUT2D eigenvalue weighted by Crippen LogP contribution is 2.61. The summed E-state index contributed by atoms with van der Waals surface area (Å²) in [6.07, 6.45) is 2.64. The minimum atomic E-state index is -6.02. The molecule has 800 valence electrons. The van der Waals surface area contributed by atoms with Crippen LogP contribution in [0, 0.1) is 29.3 Å². The SMILES string of the molecule is COCCOCCOCCOCCOCCOCCOCCOCCOCCOCCOCCOCCNS(=O)(=O)C1=CC2C(S1)c1cc3c(cc1N(C)C2(C)C)Oc1cc2c(cc1=C3c1c(F)c(SCC(=O)ON3C(=O)CCC3=O)c(F)c(F)c1S(=O)(=O)O)C1SC(S(=O)(=O)COCCOCCOCCOCCOCCOCCNCCOCCOCCOCCOCCOCCO)=CC1C(C)(C)[N+]=2C. The lowest BCUT2D eigenvalue weighted by molar-refractivity contribution is -0.195. The number of rotatable bonds is 82. The molecule has 3 aromatic rings. The van der Waals surface area contributed by atoms with Crippen LogP contribution in [-0.2, 0) is 158 Å². The smallest absolute Gasteiger partial charge is 0.343 e. The standard InChI is InChI=1S/C91H138F3N5O36S6/c1-90(2)70-60-79(139(104,105)65-133-57-56-132-55-54-131-53-52-123-35-31-118-25-21-113-15-11-95-10-14-112-20-24-117-30-34-122-37-33-120-27-23-115-17-13-100)137-86(70)66-58-68-74(62-72(66)97(90)5)134-75-63-73-67(59-69(75)81(68)82-83(92)88(84(93)85(94)89(82)141(108,109)110)136-64-78(103)135-99-76(101)8-9-77(99)102)87-71(91(3,4)98(73)6)61-80(138-87)140(106,107)96-12-16-114-22-26-119-32-36-124-40-41-126-44-45-128-48-49-130-51-50-129-47-46-127-43-42-125-39-38-121-29-28-116-19-18-111-7/h58-63,70-71,86-87,95-96,100H,8-57,64-65H2,1-7H3/p+1. The van der Waals surface area contributed by atoms with Gasteiger partial charge < -0.3 is 134 Å². The predicted molar refractivity (Wildman–Crippen MR) is 511 cm³/mol. The molecule has 0 aromatic heterocycles. The number of halogens is 3. The zero-order chi connectivity index (χ0) is 101. The number of nitrogens with zero attached hydrogens (tertiary/aromatic N) is 3. The van der Waals surface area contributed by atoms with Crippen molar-refractivity contribution in [2.75, 3.05) is 355 Å². The number of anilines is 1. The van der Waals surface area contributed by atoms with Crippen LogP contribution in [0.4, 0.5) is 18.9 Å². The van der Waals surface area contributed by atoms with E-state index in [4.69, 9.17) is 124 Å². The molecule has 0 aliphatic carbocycles. The molecular formula is C91H139F3N5O36S6+. The Balaban J connectivity index is 0.729. The predicted octanol–water partition coefficient (Wildman–Crippen LogP) is 3.92. The van der Waals surface area contributed by atoms with Gasteiger partial charge in [0.2, 0.25) is 25.2 Å². The van der Waals surface area contributed by atoms with E-state index in [1.54, 1.807) is 45.5 Å². The van der Waals surface area contributed by atoms with Crippen molar-refractivity contribution < 1.29 is 181 Å². The number of hydroxylamine groups is 2. The molecule has 9 rings (SSSR count). The van der Waals surface area contributed by atoms with Gasteiger partial charge in [-0.2, -0.15) is 8.42 Å². The number of aliphatic hydroxyl groups is 1. The van der Waals surface area contributed by atoms with Crippen molar-refractivity contribution in [2.45, 2.75) is 71.9 Å². The van der Waals surface area contributed by atoms with Gasteiger partial charge in [-0.1, -0.05) is 6.08 Å². The zero-order valence-corrected chi connectivity index (χ0v) is 86.1. The molecule has 50 heteroatoms. The number of ether oxygens (including phenoxy) is 24. The molecule has 6 heterocycles. The van der Waals surface area contributed by atoms with Crippen LogP contribution >= 0.6 is 35.3 Å². The zero-order valence-electron chi connectivity index (χ0n) is 81.2. The van der Waals surface area contributed by atoms with Crippen LogP contribution < -0.4 is 34.8 Å². The second-order valence-electron chi connectivity index (χ2n) is 33.0. The molecule has 4 atom stereocenters. The molecule has 41 nitrogen and oxygen atoms in total. The normalized spacial score (nSPS) is 17.6. The van der Waals surface area contributed by atoms with Gasteiger partial charge in [0.25, 0.3) is 21.9 Å². The summed E-state index contributed by atoms with van der Waals surface area (Å²) in [7, 11) is -9.35. The molecule has 6 aliphatic rings. The number of aliphatic hydroxyl groups excluding tert-OH is 1. The maximum absolute atomic E-state index is 18.4. The number of amides is 2. The largest absolute Gasteiger partial charge is 0.456 e. The molecule has 0 saturated carbocycles.